The number of benzene rings is 1. The first kappa shape index (κ1) is 12.8. The Kier molecular flexibility index (Phi) is 3.73. The van der Waals surface area contributed by atoms with Crippen molar-refractivity contribution in [1.29, 1.82) is 0 Å². The predicted octanol–water partition coefficient (Wildman–Crippen LogP) is 2.90. The van der Waals surface area contributed by atoms with Crippen molar-refractivity contribution in [3.63, 3.8) is 0 Å². The Bertz CT molecular complexity index is 527. The SMILES string of the molecule is OC(Cc1ncc2ccccc2n1)C(Cl)(Cl)Cl. The number of hydrogen-bond acceptors (Lipinski definition) is 3. The molecule has 0 aliphatic rings. The van der Waals surface area contributed by atoms with Crippen molar-refractivity contribution in [3.8, 4) is 0 Å². The Morgan fingerprint density at radius 2 is 1.94 bits per heavy atom. The van der Waals surface area contributed by atoms with Crippen molar-refractivity contribution in [2.45, 2.75) is 16.3 Å². The first-order chi connectivity index (χ1) is 7.97. The molecule has 1 N–H and O–H groups in total. The maximum Gasteiger partial charge on any atom is 0.216 e. The van der Waals surface area contributed by atoms with Crippen molar-refractivity contribution in [2.24, 2.45) is 0 Å². The van der Waals surface area contributed by atoms with E-state index in [4.69, 9.17) is 34.8 Å². The van der Waals surface area contributed by atoms with Gasteiger partial charge in [0.05, 0.1) is 5.52 Å². The van der Waals surface area contributed by atoms with Crippen LogP contribution in [0.4, 0.5) is 0 Å². The standard InChI is InChI=1S/C11H9Cl3N2O/c12-11(13,14)9(17)5-10-15-6-7-3-1-2-4-8(7)16-10/h1-4,6,9,17H,5H2. The summed E-state index contributed by atoms with van der Waals surface area (Å²) in [6.45, 7) is 0. The maximum atomic E-state index is 9.64. The van der Waals surface area contributed by atoms with E-state index in [1.165, 1.54) is 0 Å². The Morgan fingerprint density at radius 3 is 2.65 bits per heavy atom. The molecule has 0 aliphatic carbocycles. The van der Waals surface area contributed by atoms with E-state index < -0.39 is 9.90 Å². The molecule has 2 aromatic rings. The molecule has 2 rings (SSSR count). The number of rotatable bonds is 2. The van der Waals surface area contributed by atoms with Gasteiger partial charge in [-0.2, -0.15) is 0 Å². The van der Waals surface area contributed by atoms with Crippen molar-refractivity contribution in [1.82, 2.24) is 9.97 Å². The number of hydrogen-bond donors (Lipinski definition) is 1. The molecule has 90 valence electrons. The van der Waals surface area contributed by atoms with Gasteiger partial charge in [-0.05, 0) is 6.07 Å². The van der Waals surface area contributed by atoms with E-state index in [0.29, 0.717) is 5.82 Å². The van der Waals surface area contributed by atoms with Crippen LogP contribution in [0.15, 0.2) is 30.5 Å². The first-order valence-corrected chi connectivity index (χ1v) is 6.05. The van der Waals surface area contributed by atoms with Crippen LogP contribution < -0.4 is 0 Å². The normalized spacial score (nSPS) is 13.9. The van der Waals surface area contributed by atoms with Gasteiger partial charge in [-0.1, -0.05) is 53.0 Å². The Morgan fingerprint density at radius 1 is 1.24 bits per heavy atom. The highest BCUT2D eigenvalue weighted by Gasteiger charge is 2.31. The van der Waals surface area contributed by atoms with Gasteiger partial charge in [0.2, 0.25) is 3.79 Å². The Labute approximate surface area is 113 Å². The number of para-hydroxylation sites is 1. The summed E-state index contributed by atoms with van der Waals surface area (Å²) in [4.78, 5) is 8.40. The third kappa shape index (κ3) is 3.19. The van der Waals surface area contributed by atoms with Crippen LogP contribution in [-0.2, 0) is 6.42 Å². The lowest BCUT2D eigenvalue weighted by atomic mass is 10.2. The summed E-state index contributed by atoms with van der Waals surface area (Å²) in [5.74, 6) is 0.447. The molecule has 0 saturated heterocycles. The van der Waals surface area contributed by atoms with Gasteiger partial charge in [-0.3, -0.25) is 0 Å². The lowest BCUT2D eigenvalue weighted by molar-refractivity contribution is 0.177. The van der Waals surface area contributed by atoms with Crippen molar-refractivity contribution in [3.05, 3.63) is 36.3 Å². The zero-order valence-corrected chi connectivity index (χ0v) is 10.9. The van der Waals surface area contributed by atoms with E-state index in [9.17, 15) is 5.11 Å². The lowest BCUT2D eigenvalue weighted by Crippen LogP contribution is -2.28. The molecule has 0 radical (unpaired) electrons. The minimum atomic E-state index is -1.73. The number of aromatic nitrogens is 2. The van der Waals surface area contributed by atoms with Crippen LogP contribution in [0.5, 0.6) is 0 Å². The molecule has 0 spiro atoms. The lowest BCUT2D eigenvalue weighted by Gasteiger charge is -2.17. The fraction of sp³-hybridized carbons (Fsp3) is 0.273. The van der Waals surface area contributed by atoms with Crippen LogP contribution in [0.1, 0.15) is 5.82 Å². The zero-order chi connectivity index (χ0) is 12.5. The van der Waals surface area contributed by atoms with Crippen molar-refractivity contribution >= 4 is 45.7 Å². The largest absolute Gasteiger partial charge is 0.388 e. The quantitative estimate of drug-likeness (QED) is 0.865. The van der Waals surface area contributed by atoms with E-state index in [1.807, 2.05) is 24.3 Å². The van der Waals surface area contributed by atoms with Crippen molar-refractivity contribution < 1.29 is 5.11 Å². The molecule has 1 aromatic carbocycles. The molecule has 0 saturated carbocycles. The Hall–Kier alpha value is -0.610. The molecule has 0 amide bonds. The van der Waals surface area contributed by atoms with E-state index in [0.717, 1.165) is 10.9 Å². The van der Waals surface area contributed by atoms with Gasteiger partial charge in [-0.25, -0.2) is 9.97 Å². The summed E-state index contributed by atoms with van der Waals surface area (Å²) in [5.41, 5.74) is 0.800. The predicted molar refractivity (Wildman–Crippen MR) is 69.5 cm³/mol. The minimum absolute atomic E-state index is 0.0985. The summed E-state index contributed by atoms with van der Waals surface area (Å²) in [6, 6.07) is 7.55. The third-order valence-corrected chi connectivity index (χ3v) is 3.05. The van der Waals surface area contributed by atoms with E-state index >= 15 is 0 Å². The molecule has 6 heteroatoms. The first-order valence-electron chi connectivity index (χ1n) is 4.92. The van der Waals surface area contributed by atoms with Gasteiger partial charge in [0.15, 0.2) is 0 Å². The molecular formula is C11H9Cl3N2O. The van der Waals surface area contributed by atoms with Crippen LogP contribution in [0, 0.1) is 0 Å². The van der Waals surface area contributed by atoms with Crippen LogP contribution in [0.3, 0.4) is 0 Å². The highest BCUT2D eigenvalue weighted by Crippen LogP contribution is 2.31. The molecule has 3 nitrogen and oxygen atoms in total. The summed E-state index contributed by atoms with van der Waals surface area (Å²) in [7, 11) is 0. The number of halogens is 3. The summed E-state index contributed by atoms with van der Waals surface area (Å²) < 4.78 is -1.73. The zero-order valence-electron chi connectivity index (χ0n) is 8.65. The molecule has 1 atom stereocenters. The average molecular weight is 292 g/mol. The Balaban J connectivity index is 2.25. The minimum Gasteiger partial charge on any atom is -0.388 e. The maximum absolute atomic E-state index is 9.64. The second-order valence-corrected chi connectivity index (χ2v) is 5.98. The fourth-order valence-corrected chi connectivity index (χ4v) is 1.63. The highest BCUT2D eigenvalue weighted by molar-refractivity contribution is 6.68. The van der Waals surface area contributed by atoms with Gasteiger partial charge in [0.25, 0.3) is 0 Å². The second kappa shape index (κ2) is 4.94. The monoisotopic (exact) mass is 290 g/mol. The molecule has 1 heterocycles. The number of nitrogens with zero attached hydrogens (tertiary/aromatic N) is 2. The molecule has 1 unspecified atom stereocenters. The molecule has 0 bridgehead atoms. The number of aliphatic hydroxyl groups excluding tert-OH is 1. The van der Waals surface area contributed by atoms with Gasteiger partial charge >= 0.3 is 0 Å². The third-order valence-electron chi connectivity index (χ3n) is 2.29. The fourth-order valence-electron chi connectivity index (χ4n) is 1.40. The van der Waals surface area contributed by atoms with E-state index in [2.05, 4.69) is 9.97 Å². The van der Waals surface area contributed by atoms with Gasteiger partial charge in [0, 0.05) is 18.0 Å². The average Bonchev–Trinajstić information content (AvgIpc) is 2.27. The summed E-state index contributed by atoms with van der Waals surface area (Å²) in [5, 5.41) is 10.6. The van der Waals surface area contributed by atoms with E-state index in [1.54, 1.807) is 6.20 Å². The molecule has 0 aliphatic heterocycles. The van der Waals surface area contributed by atoms with Gasteiger partial charge < -0.3 is 5.11 Å². The van der Waals surface area contributed by atoms with E-state index in [-0.39, 0.29) is 6.42 Å². The van der Waals surface area contributed by atoms with Crippen LogP contribution in [0.25, 0.3) is 10.9 Å². The number of alkyl halides is 3. The molecule has 17 heavy (non-hydrogen) atoms. The summed E-state index contributed by atoms with van der Waals surface area (Å²) >= 11 is 16.7. The van der Waals surface area contributed by atoms with Crippen molar-refractivity contribution in [2.75, 3.05) is 0 Å². The van der Waals surface area contributed by atoms with Crippen LogP contribution in [-0.4, -0.2) is 25.0 Å². The highest BCUT2D eigenvalue weighted by atomic mass is 35.6. The molecule has 1 aromatic heterocycles. The number of fused-ring (bicyclic) bond motifs is 1. The smallest absolute Gasteiger partial charge is 0.216 e. The van der Waals surface area contributed by atoms with Gasteiger partial charge in [0.1, 0.15) is 11.9 Å². The van der Waals surface area contributed by atoms with Crippen LogP contribution in [0.2, 0.25) is 0 Å². The molecular weight excluding hydrogens is 282 g/mol. The number of aliphatic hydroxyl groups is 1. The van der Waals surface area contributed by atoms with Crippen LogP contribution >= 0.6 is 34.8 Å². The molecule has 0 fully saturated rings. The van der Waals surface area contributed by atoms with Gasteiger partial charge in [-0.15, -0.1) is 0 Å². The summed E-state index contributed by atoms with van der Waals surface area (Å²) in [6.07, 6.45) is 0.651. The topological polar surface area (TPSA) is 46.0 Å². The second-order valence-electron chi connectivity index (χ2n) is 3.61.